The molecule has 0 bridgehead atoms. The Morgan fingerprint density at radius 2 is 1.47 bits per heavy atom. The molecule has 5 rings (SSSR count). The van der Waals surface area contributed by atoms with Crippen molar-refractivity contribution in [3.05, 3.63) is 148 Å². The third-order valence-electron chi connectivity index (χ3n) is 8.24. The van der Waals surface area contributed by atoms with Crippen LogP contribution in [-0.2, 0) is 19.3 Å². The Morgan fingerprint density at radius 1 is 0.863 bits per heavy atom. The highest BCUT2D eigenvalue weighted by atomic mass is 15.0. The predicted octanol–water partition coefficient (Wildman–Crippen LogP) is 9.42. The number of hydrogen-bond acceptors (Lipinski definition) is 6. The molecule has 2 aromatic carbocycles. The molecule has 3 heterocycles. The number of amidine groups is 1. The maximum atomic E-state index is 5.76. The molecule has 51 heavy (non-hydrogen) atoms. The van der Waals surface area contributed by atoms with Gasteiger partial charge in [-0.05, 0) is 110 Å². The van der Waals surface area contributed by atoms with E-state index in [2.05, 4.69) is 121 Å². The number of pyridine rings is 2. The van der Waals surface area contributed by atoms with Gasteiger partial charge in [-0.3, -0.25) is 20.0 Å². The van der Waals surface area contributed by atoms with E-state index in [0.717, 1.165) is 78.4 Å². The third kappa shape index (κ3) is 15.6. The van der Waals surface area contributed by atoms with Crippen molar-refractivity contribution in [3.63, 3.8) is 0 Å². The molecule has 0 spiro atoms. The van der Waals surface area contributed by atoms with E-state index in [0.29, 0.717) is 6.54 Å². The lowest BCUT2D eigenvalue weighted by atomic mass is 10.0. The molecule has 0 fully saturated rings. The maximum Gasteiger partial charge on any atom is 0.128 e. The summed E-state index contributed by atoms with van der Waals surface area (Å²) < 4.78 is 0. The molecule has 2 aromatic heterocycles. The summed E-state index contributed by atoms with van der Waals surface area (Å²) in [5.74, 6) is 0.902. The molecule has 7 nitrogen and oxygen atoms in total. The van der Waals surface area contributed by atoms with Crippen molar-refractivity contribution in [2.24, 2.45) is 15.7 Å². The maximum absolute atomic E-state index is 5.76. The van der Waals surface area contributed by atoms with Gasteiger partial charge >= 0.3 is 0 Å². The van der Waals surface area contributed by atoms with Crippen LogP contribution in [0.3, 0.4) is 0 Å². The largest absolute Gasteiger partial charge is 0.402 e. The molecule has 4 aromatic rings. The molecule has 0 radical (unpaired) electrons. The first-order valence-corrected chi connectivity index (χ1v) is 18.4. The molecule has 0 aliphatic carbocycles. The summed E-state index contributed by atoms with van der Waals surface area (Å²) in [6, 6.07) is 23.0. The molecular formula is C44H61N7. The number of aryl methyl sites for hydroxylation is 3. The zero-order valence-electron chi connectivity index (χ0n) is 32.0. The Labute approximate surface area is 308 Å². The fourth-order valence-electron chi connectivity index (χ4n) is 5.57. The second-order valence-electron chi connectivity index (χ2n) is 12.1. The second-order valence-corrected chi connectivity index (χ2v) is 12.1. The van der Waals surface area contributed by atoms with E-state index in [1.54, 1.807) is 12.4 Å². The first-order chi connectivity index (χ1) is 24.9. The fraction of sp³-hybridized carbons (Fsp3) is 0.364. The molecule has 1 aliphatic rings. The Kier molecular flexibility index (Phi) is 20.6. The third-order valence-corrected chi connectivity index (χ3v) is 8.24. The minimum atomic E-state index is 0.695. The van der Waals surface area contributed by atoms with Crippen molar-refractivity contribution in [3.8, 4) is 0 Å². The van der Waals surface area contributed by atoms with Gasteiger partial charge in [0.1, 0.15) is 5.84 Å². The van der Waals surface area contributed by atoms with Crippen LogP contribution in [0, 0.1) is 13.8 Å². The van der Waals surface area contributed by atoms with E-state index >= 15 is 0 Å². The molecule has 7 heteroatoms. The number of nitrogens with two attached hydrogens (primary N) is 1. The van der Waals surface area contributed by atoms with E-state index in [1.807, 2.05) is 38.4 Å². The minimum Gasteiger partial charge on any atom is -0.402 e. The molecule has 272 valence electrons. The number of aliphatic imine (C=N–C) groups is 2. The van der Waals surface area contributed by atoms with E-state index in [1.165, 1.54) is 41.5 Å². The van der Waals surface area contributed by atoms with Crippen LogP contribution in [0.5, 0.6) is 0 Å². The van der Waals surface area contributed by atoms with Gasteiger partial charge in [0.05, 0.1) is 5.69 Å². The lowest BCUT2D eigenvalue weighted by molar-refractivity contribution is 0.724. The first kappa shape index (κ1) is 42.1. The van der Waals surface area contributed by atoms with Crippen LogP contribution in [0.4, 0.5) is 5.69 Å². The van der Waals surface area contributed by atoms with Gasteiger partial charge in [0.25, 0.3) is 0 Å². The molecule has 0 saturated carbocycles. The Morgan fingerprint density at radius 3 is 1.98 bits per heavy atom. The number of benzene rings is 2. The zero-order chi connectivity index (χ0) is 37.3. The normalized spacial score (nSPS) is 12.2. The number of unbranched alkanes of at least 4 members (excludes halogenated alkanes) is 1. The van der Waals surface area contributed by atoms with Gasteiger partial charge in [0, 0.05) is 67.8 Å². The molecule has 4 N–H and O–H groups in total. The van der Waals surface area contributed by atoms with Gasteiger partial charge < -0.3 is 16.4 Å². The molecular weight excluding hydrogens is 627 g/mol. The Hall–Kier alpha value is -5.04. The summed E-state index contributed by atoms with van der Waals surface area (Å²) in [5.41, 5.74) is 17.0. The first-order valence-electron chi connectivity index (χ1n) is 18.4. The van der Waals surface area contributed by atoms with Gasteiger partial charge in [-0.2, -0.15) is 0 Å². The highest BCUT2D eigenvalue weighted by Gasteiger charge is 2.11. The number of allylic oxidation sites excluding steroid dienone is 1. The van der Waals surface area contributed by atoms with Crippen LogP contribution in [0.2, 0.25) is 0 Å². The summed E-state index contributed by atoms with van der Waals surface area (Å²) in [6.45, 7) is 22.4. The molecule has 0 atom stereocenters. The van der Waals surface area contributed by atoms with Crippen LogP contribution < -0.4 is 16.4 Å². The summed E-state index contributed by atoms with van der Waals surface area (Å²) >= 11 is 0. The van der Waals surface area contributed by atoms with Gasteiger partial charge in [0.2, 0.25) is 0 Å². The Bertz CT molecular complexity index is 1610. The average Bonchev–Trinajstić information content (AvgIpc) is 3.16. The summed E-state index contributed by atoms with van der Waals surface area (Å²) in [7, 11) is 0. The van der Waals surface area contributed by atoms with Crippen molar-refractivity contribution in [1.29, 1.82) is 0 Å². The minimum absolute atomic E-state index is 0.695. The lowest BCUT2D eigenvalue weighted by Gasteiger charge is -2.20. The molecule has 1 aliphatic heterocycles. The van der Waals surface area contributed by atoms with E-state index in [4.69, 9.17) is 10.7 Å². The number of hydrogen-bond donors (Lipinski definition) is 3. The number of aromatic nitrogens is 2. The topological polar surface area (TPSA) is 101 Å². The van der Waals surface area contributed by atoms with E-state index < -0.39 is 0 Å². The van der Waals surface area contributed by atoms with Gasteiger partial charge in [-0.25, -0.2) is 0 Å². The highest BCUT2D eigenvalue weighted by Crippen LogP contribution is 2.25. The average molecular weight is 688 g/mol. The molecule has 0 saturated heterocycles. The summed E-state index contributed by atoms with van der Waals surface area (Å²) in [5, 5.41) is 6.70. The van der Waals surface area contributed by atoms with Crippen molar-refractivity contribution in [2.45, 2.75) is 86.5 Å². The number of rotatable bonds is 12. The summed E-state index contributed by atoms with van der Waals surface area (Å²) in [4.78, 5) is 17.4. The van der Waals surface area contributed by atoms with Crippen LogP contribution in [0.25, 0.3) is 0 Å². The van der Waals surface area contributed by atoms with Gasteiger partial charge in [-0.1, -0.05) is 83.2 Å². The van der Waals surface area contributed by atoms with E-state index in [-0.39, 0.29) is 0 Å². The molecule has 0 unspecified atom stereocenters. The van der Waals surface area contributed by atoms with Gasteiger partial charge in [0.15, 0.2) is 0 Å². The summed E-state index contributed by atoms with van der Waals surface area (Å²) in [6.07, 6.45) is 14.9. The standard InChI is InChI=1S/C24H27N5.C10H14.C8H14N2.C2H6/c1-18-14-22(15-19(2)23(18)25-3)24(28-12-8-20-6-4-10-26-16-20)29-13-9-21-7-5-11-27-17-21;1-2-3-7-10-8-5-4-6-9-10;1-3-7-6(2)10-5-4-8(7)9;1-2/h4-7,10-11,14-17H,3,8-9,12-13H2,1-2H3,(H,28,29);4-6,8-9H,2-3,7H2,1H3;10H,2-5,9H2,1H3;1-2H3. The van der Waals surface area contributed by atoms with E-state index in [9.17, 15) is 0 Å². The smallest absolute Gasteiger partial charge is 0.128 e. The monoisotopic (exact) mass is 687 g/mol. The quantitative estimate of drug-likeness (QED) is 0.102. The molecule has 0 amide bonds. The van der Waals surface area contributed by atoms with Crippen LogP contribution in [0.1, 0.15) is 86.8 Å². The van der Waals surface area contributed by atoms with Crippen molar-refractivity contribution in [1.82, 2.24) is 20.6 Å². The zero-order valence-corrected chi connectivity index (χ0v) is 32.0. The number of nitrogens with one attached hydrogen (secondary N) is 2. The number of nitrogens with zero attached hydrogens (tertiary/aromatic N) is 4. The van der Waals surface area contributed by atoms with Crippen LogP contribution in [0.15, 0.2) is 125 Å². The van der Waals surface area contributed by atoms with Crippen LogP contribution >= 0.6 is 0 Å². The van der Waals surface area contributed by atoms with Crippen molar-refractivity contribution >= 4 is 18.2 Å². The fourth-order valence-corrected chi connectivity index (χ4v) is 5.57. The Balaban J connectivity index is 0.000000332. The second kappa shape index (κ2) is 25.0. The van der Waals surface area contributed by atoms with Crippen LogP contribution in [-0.4, -0.2) is 42.2 Å². The highest BCUT2D eigenvalue weighted by molar-refractivity contribution is 5.99. The van der Waals surface area contributed by atoms with Crippen molar-refractivity contribution < 1.29 is 0 Å². The predicted molar refractivity (Wildman–Crippen MR) is 220 cm³/mol. The van der Waals surface area contributed by atoms with Gasteiger partial charge in [-0.15, -0.1) is 0 Å². The lowest BCUT2D eigenvalue weighted by Crippen LogP contribution is -2.27. The van der Waals surface area contributed by atoms with Crippen molar-refractivity contribution in [2.75, 3.05) is 19.6 Å². The SMILES string of the molecule is C=C1NCCC(N)=C1CC.C=Nc1c(C)cc(C(=NCCc2cccnc2)NCCc2cccnc2)cc1C.CC.CCCCc1ccccc1.